The molecule has 1 aromatic heterocycles. The maximum atomic E-state index is 10.5. The van der Waals surface area contributed by atoms with Gasteiger partial charge in [-0.25, -0.2) is 4.68 Å². The average Bonchev–Trinajstić information content (AvgIpc) is 3.23. The summed E-state index contributed by atoms with van der Waals surface area (Å²) in [7, 11) is 0. The van der Waals surface area contributed by atoms with Gasteiger partial charge in [-0.3, -0.25) is 0 Å². The van der Waals surface area contributed by atoms with Gasteiger partial charge in [-0.1, -0.05) is 17.3 Å². The number of anilines is 2. The summed E-state index contributed by atoms with van der Waals surface area (Å²) in [6.45, 7) is 3.77. The number of hydrogen-bond acceptors (Lipinski definition) is 7. The van der Waals surface area contributed by atoms with E-state index < -0.39 is 0 Å². The van der Waals surface area contributed by atoms with Gasteiger partial charge in [-0.15, -0.1) is 5.10 Å². The van der Waals surface area contributed by atoms with Crippen LogP contribution in [-0.4, -0.2) is 51.5 Å². The molecule has 0 saturated carbocycles. The molecule has 0 aliphatic carbocycles. The number of hydrogen-bond donors (Lipinski definition) is 3. The highest BCUT2D eigenvalue weighted by Gasteiger charge is 2.15. The van der Waals surface area contributed by atoms with Gasteiger partial charge in [-0.2, -0.15) is 0 Å². The molecule has 1 aliphatic rings. The van der Waals surface area contributed by atoms with Gasteiger partial charge in [0.25, 0.3) is 0 Å². The van der Waals surface area contributed by atoms with Crippen molar-refractivity contribution >= 4 is 11.4 Å². The normalized spacial score (nSPS) is 14.3. The zero-order valence-electron chi connectivity index (χ0n) is 14.7. The van der Waals surface area contributed by atoms with Crippen LogP contribution in [0.15, 0.2) is 48.8 Å². The van der Waals surface area contributed by atoms with Crippen LogP contribution in [0.1, 0.15) is 5.56 Å². The minimum Gasteiger partial charge on any atom is -0.506 e. The van der Waals surface area contributed by atoms with Crippen molar-refractivity contribution in [3.8, 4) is 17.2 Å². The summed E-state index contributed by atoms with van der Waals surface area (Å²) in [6, 6.07) is 11.3. The highest BCUT2D eigenvalue weighted by molar-refractivity contribution is 5.72. The number of phenols is 2. The van der Waals surface area contributed by atoms with Crippen LogP contribution in [0, 0.1) is 0 Å². The molecule has 0 spiro atoms. The van der Waals surface area contributed by atoms with Crippen LogP contribution in [0.25, 0.3) is 5.69 Å². The summed E-state index contributed by atoms with van der Waals surface area (Å²) >= 11 is 0. The average molecular weight is 367 g/mol. The second kappa shape index (κ2) is 7.55. The fourth-order valence-electron chi connectivity index (χ4n) is 3.10. The number of rotatable bonds is 5. The van der Waals surface area contributed by atoms with E-state index in [0.717, 1.165) is 31.9 Å². The highest BCUT2D eigenvalue weighted by Crippen LogP contribution is 2.38. The zero-order valence-corrected chi connectivity index (χ0v) is 14.7. The predicted molar refractivity (Wildman–Crippen MR) is 101 cm³/mol. The molecule has 0 amide bonds. The van der Waals surface area contributed by atoms with Gasteiger partial charge >= 0.3 is 0 Å². The lowest BCUT2D eigenvalue weighted by atomic mass is 10.1. The van der Waals surface area contributed by atoms with Gasteiger partial charge in [0.2, 0.25) is 0 Å². The van der Waals surface area contributed by atoms with Gasteiger partial charge in [-0.05, 0) is 29.8 Å². The van der Waals surface area contributed by atoms with Gasteiger partial charge in [0, 0.05) is 25.3 Å². The molecule has 2 heterocycles. The third-order valence-corrected chi connectivity index (χ3v) is 4.59. The third kappa shape index (κ3) is 3.65. The van der Waals surface area contributed by atoms with Crippen molar-refractivity contribution in [3.05, 3.63) is 54.4 Å². The summed E-state index contributed by atoms with van der Waals surface area (Å²) in [5.74, 6) is -0.105. The van der Waals surface area contributed by atoms with Crippen LogP contribution in [0.5, 0.6) is 11.5 Å². The minimum atomic E-state index is -0.0783. The molecule has 0 bridgehead atoms. The van der Waals surface area contributed by atoms with Crippen LogP contribution < -0.4 is 10.2 Å². The SMILES string of the molecule is Oc1ccc(-n2ccnn2)c(O)c1NCc1ccc(N2CCOCC2)cc1. The number of nitrogens with one attached hydrogen (secondary N) is 1. The molecule has 8 nitrogen and oxygen atoms in total. The lowest BCUT2D eigenvalue weighted by Crippen LogP contribution is -2.36. The van der Waals surface area contributed by atoms with E-state index in [2.05, 4.69) is 32.7 Å². The van der Waals surface area contributed by atoms with Crippen molar-refractivity contribution in [1.82, 2.24) is 15.0 Å². The van der Waals surface area contributed by atoms with Crippen molar-refractivity contribution in [3.63, 3.8) is 0 Å². The Morgan fingerprint density at radius 3 is 2.52 bits per heavy atom. The number of morpholine rings is 1. The molecule has 27 heavy (non-hydrogen) atoms. The van der Waals surface area contributed by atoms with Crippen LogP contribution in [0.4, 0.5) is 11.4 Å². The lowest BCUT2D eigenvalue weighted by molar-refractivity contribution is 0.122. The molecule has 2 aromatic carbocycles. The Bertz CT molecular complexity index is 890. The third-order valence-electron chi connectivity index (χ3n) is 4.59. The van der Waals surface area contributed by atoms with Crippen molar-refractivity contribution in [2.45, 2.75) is 6.54 Å². The van der Waals surface area contributed by atoms with Crippen molar-refractivity contribution in [2.75, 3.05) is 36.5 Å². The van der Waals surface area contributed by atoms with Crippen LogP contribution >= 0.6 is 0 Å². The maximum absolute atomic E-state index is 10.5. The molecule has 3 aromatic rings. The Morgan fingerprint density at radius 1 is 1.04 bits per heavy atom. The first-order valence-electron chi connectivity index (χ1n) is 8.79. The second-order valence-corrected chi connectivity index (χ2v) is 6.29. The molecule has 8 heteroatoms. The molecule has 3 N–H and O–H groups in total. The Hall–Kier alpha value is -3.26. The number of ether oxygens (including phenoxy) is 1. The van der Waals surface area contributed by atoms with E-state index in [1.165, 1.54) is 22.6 Å². The monoisotopic (exact) mass is 367 g/mol. The quantitative estimate of drug-likeness (QED) is 0.595. The largest absolute Gasteiger partial charge is 0.506 e. The number of aromatic nitrogens is 3. The maximum Gasteiger partial charge on any atom is 0.168 e. The molecule has 4 rings (SSSR count). The van der Waals surface area contributed by atoms with Gasteiger partial charge in [0.15, 0.2) is 5.75 Å². The number of aromatic hydroxyl groups is 2. The summed E-state index contributed by atoms with van der Waals surface area (Å²) < 4.78 is 6.82. The standard InChI is InChI=1S/C19H21N5O3/c25-17-6-5-16(24-8-7-21-22-24)19(26)18(17)20-13-14-1-3-15(4-2-14)23-9-11-27-12-10-23/h1-8,20,25-26H,9-13H2. The topological polar surface area (TPSA) is 95.7 Å². The smallest absolute Gasteiger partial charge is 0.168 e. The minimum absolute atomic E-state index is 0.0266. The van der Waals surface area contributed by atoms with E-state index in [1.54, 1.807) is 12.3 Å². The highest BCUT2D eigenvalue weighted by atomic mass is 16.5. The number of benzene rings is 2. The van der Waals surface area contributed by atoms with Crippen molar-refractivity contribution in [1.29, 1.82) is 0 Å². The van der Waals surface area contributed by atoms with Crippen LogP contribution in [0.2, 0.25) is 0 Å². The predicted octanol–water partition coefficient (Wildman–Crippen LogP) is 2.13. The van der Waals surface area contributed by atoms with Gasteiger partial charge < -0.3 is 25.2 Å². The molecular formula is C19H21N5O3. The molecular weight excluding hydrogens is 346 g/mol. The molecule has 1 aliphatic heterocycles. The molecule has 0 unspecified atom stereocenters. The molecule has 1 fully saturated rings. The van der Waals surface area contributed by atoms with E-state index in [-0.39, 0.29) is 17.2 Å². The molecule has 140 valence electrons. The van der Waals surface area contributed by atoms with E-state index in [4.69, 9.17) is 4.74 Å². The van der Waals surface area contributed by atoms with E-state index in [1.807, 2.05) is 12.1 Å². The van der Waals surface area contributed by atoms with Crippen molar-refractivity contribution < 1.29 is 14.9 Å². The summed E-state index contributed by atoms with van der Waals surface area (Å²) in [4.78, 5) is 2.29. The van der Waals surface area contributed by atoms with Crippen LogP contribution in [0.3, 0.4) is 0 Å². The molecule has 0 radical (unpaired) electrons. The Morgan fingerprint density at radius 2 is 1.81 bits per heavy atom. The first-order chi connectivity index (χ1) is 13.2. The number of phenolic OH excluding ortho intramolecular Hbond substituents is 2. The first-order valence-corrected chi connectivity index (χ1v) is 8.79. The Labute approximate surface area is 156 Å². The summed E-state index contributed by atoms with van der Waals surface area (Å²) in [6.07, 6.45) is 3.15. The van der Waals surface area contributed by atoms with E-state index >= 15 is 0 Å². The molecule has 1 saturated heterocycles. The summed E-state index contributed by atoms with van der Waals surface area (Å²) in [5.41, 5.74) is 2.91. The zero-order chi connectivity index (χ0) is 18.6. The lowest BCUT2D eigenvalue weighted by Gasteiger charge is -2.29. The van der Waals surface area contributed by atoms with Gasteiger partial charge in [0.1, 0.15) is 17.1 Å². The second-order valence-electron chi connectivity index (χ2n) is 6.29. The van der Waals surface area contributed by atoms with E-state index in [9.17, 15) is 10.2 Å². The Balaban J connectivity index is 1.48. The van der Waals surface area contributed by atoms with Gasteiger partial charge in [0.05, 0.1) is 25.6 Å². The molecule has 0 atom stereocenters. The Kier molecular flexibility index (Phi) is 4.80. The van der Waals surface area contributed by atoms with E-state index in [0.29, 0.717) is 12.2 Å². The van der Waals surface area contributed by atoms with Crippen molar-refractivity contribution in [2.24, 2.45) is 0 Å². The summed E-state index contributed by atoms with van der Waals surface area (Å²) in [5, 5.41) is 31.3. The first kappa shape index (κ1) is 17.2. The fourth-order valence-corrected chi connectivity index (χ4v) is 3.10. The van der Waals surface area contributed by atoms with Crippen LogP contribution in [-0.2, 0) is 11.3 Å². The number of nitrogens with zero attached hydrogens (tertiary/aromatic N) is 4. The fraction of sp³-hybridized carbons (Fsp3) is 0.263.